The molecule has 2 aliphatic rings. The molecule has 5 nitrogen and oxygen atoms in total. The van der Waals surface area contributed by atoms with Crippen molar-refractivity contribution in [1.82, 2.24) is 10.3 Å². The van der Waals surface area contributed by atoms with E-state index in [1.807, 2.05) is 6.07 Å². The molecular weight excluding hydrogens is 242 g/mol. The third kappa shape index (κ3) is 2.18. The standard InChI is InChI=1S/C14H19N3O2/c1-15-13(18)11-3-2-6-16-12(11)17-7-4-14(9-17)5-8-19-10-14/h2-3,6H,4-5,7-10H2,1H3,(H,15,18). The first kappa shape index (κ1) is 12.4. The quantitative estimate of drug-likeness (QED) is 0.865. The lowest BCUT2D eigenvalue weighted by Gasteiger charge is -2.23. The summed E-state index contributed by atoms with van der Waals surface area (Å²) in [7, 11) is 1.65. The maximum atomic E-state index is 11.9. The van der Waals surface area contributed by atoms with Gasteiger partial charge < -0.3 is 15.0 Å². The molecule has 3 heterocycles. The molecule has 1 unspecified atom stereocenters. The molecule has 0 saturated carbocycles. The maximum absolute atomic E-state index is 11.9. The van der Waals surface area contributed by atoms with Gasteiger partial charge in [-0.15, -0.1) is 0 Å². The van der Waals surface area contributed by atoms with Gasteiger partial charge in [0.05, 0.1) is 12.2 Å². The van der Waals surface area contributed by atoms with Crippen LogP contribution in [0.5, 0.6) is 0 Å². The number of pyridine rings is 1. The minimum absolute atomic E-state index is 0.0771. The molecule has 1 aromatic heterocycles. The second kappa shape index (κ2) is 4.81. The molecule has 1 amide bonds. The van der Waals surface area contributed by atoms with Crippen LogP contribution >= 0.6 is 0 Å². The zero-order valence-corrected chi connectivity index (χ0v) is 11.2. The summed E-state index contributed by atoms with van der Waals surface area (Å²) >= 11 is 0. The van der Waals surface area contributed by atoms with Gasteiger partial charge in [0, 0.05) is 38.4 Å². The van der Waals surface area contributed by atoms with E-state index in [2.05, 4.69) is 15.2 Å². The lowest BCUT2D eigenvalue weighted by molar-refractivity contribution is 0.0963. The first-order valence-electron chi connectivity index (χ1n) is 6.74. The smallest absolute Gasteiger partial charge is 0.254 e. The second-order valence-electron chi connectivity index (χ2n) is 5.43. The van der Waals surface area contributed by atoms with Gasteiger partial charge in [-0.2, -0.15) is 0 Å². The Morgan fingerprint density at radius 1 is 1.53 bits per heavy atom. The highest BCUT2D eigenvalue weighted by Gasteiger charge is 2.42. The monoisotopic (exact) mass is 261 g/mol. The lowest BCUT2D eigenvalue weighted by atomic mass is 9.87. The number of nitrogens with zero attached hydrogens (tertiary/aromatic N) is 2. The van der Waals surface area contributed by atoms with Gasteiger partial charge in [0.15, 0.2) is 0 Å². The van der Waals surface area contributed by atoms with E-state index in [0.29, 0.717) is 5.56 Å². The molecular formula is C14H19N3O2. The molecule has 19 heavy (non-hydrogen) atoms. The highest BCUT2D eigenvalue weighted by atomic mass is 16.5. The minimum Gasteiger partial charge on any atom is -0.381 e. The van der Waals surface area contributed by atoms with Gasteiger partial charge in [0.1, 0.15) is 5.82 Å². The van der Waals surface area contributed by atoms with Crippen LogP contribution in [0.2, 0.25) is 0 Å². The van der Waals surface area contributed by atoms with Gasteiger partial charge in [-0.1, -0.05) is 0 Å². The second-order valence-corrected chi connectivity index (χ2v) is 5.43. The number of rotatable bonds is 2. The Labute approximate surface area is 113 Å². The normalized spacial score (nSPS) is 26.1. The van der Waals surface area contributed by atoms with Gasteiger partial charge in [-0.05, 0) is 25.0 Å². The van der Waals surface area contributed by atoms with Crippen molar-refractivity contribution < 1.29 is 9.53 Å². The summed E-state index contributed by atoms with van der Waals surface area (Å²) in [4.78, 5) is 18.5. The van der Waals surface area contributed by atoms with Crippen LogP contribution in [0.1, 0.15) is 23.2 Å². The molecule has 2 fully saturated rings. The molecule has 3 rings (SSSR count). The summed E-state index contributed by atoms with van der Waals surface area (Å²) in [6, 6.07) is 3.63. The Balaban J connectivity index is 1.85. The molecule has 1 aromatic rings. The van der Waals surface area contributed by atoms with Crippen LogP contribution in [-0.2, 0) is 4.74 Å². The van der Waals surface area contributed by atoms with E-state index in [4.69, 9.17) is 4.74 Å². The van der Waals surface area contributed by atoms with Crippen molar-refractivity contribution in [2.24, 2.45) is 5.41 Å². The van der Waals surface area contributed by atoms with Crippen LogP contribution in [0.4, 0.5) is 5.82 Å². The van der Waals surface area contributed by atoms with Crippen LogP contribution in [-0.4, -0.2) is 44.2 Å². The lowest BCUT2D eigenvalue weighted by Crippen LogP contribution is -2.30. The zero-order chi connectivity index (χ0) is 13.3. The number of anilines is 1. The summed E-state index contributed by atoms with van der Waals surface area (Å²) < 4.78 is 5.54. The summed E-state index contributed by atoms with van der Waals surface area (Å²) in [5.41, 5.74) is 0.929. The SMILES string of the molecule is CNC(=O)c1cccnc1N1CCC2(CCOC2)C1. The maximum Gasteiger partial charge on any atom is 0.254 e. The summed E-state index contributed by atoms with van der Waals surface area (Å²) in [6.07, 6.45) is 3.99. The average Bonchev–Trinajstić information content (AvgIpc) is 3.09. The van der Waals surface area contributed by atoms with Crippen LogP contribution in [0, 0.1) is 5.41 Å². The predicted octanol–water partition coefficient (Wildman–Crippen LogP) is 1.06. The van der Waals surface area contributed by atoms with Gasteiger partial charge in [-0.3, -0.25) is 4.79 Å². The summed E-state index contributed by atoms with van der Waals surface area (Å²) in [5, 5.41) is 2.68. The van der Waals surface area contributed by atoms with Crippen LogP contribution in [0.15, 0.2) is 18.3 Å². The highest BCUT2D eigenvalue weighted by molar-refractivity contribution is 5.98. The number of amides is 1. The molecule has 1 spiro atoms. The molecule has 0 bridgehead atoms. The van der Waals surface area contributed by atoms with Gasteiger partial charge >= 0.3 is 0 Å². The Kier molecular flexibility index (Phi) is 3.14. The van der Waals surface area contributed by atoms with Crippen molar-refractivity contribution in [2.45, 2.75) is 12.8 Å². The fourth-order valence-electron chi connectivity index (χ4n) is 3.05. The zero-order valence-electron chi connectivity index (χ0n) is 11.2. The van der Waals surface area contributed by atoms with Crippen molar-refractivity contribution in [2.75, 3.05) is 38.3 Å². The topological polar surface area (TPSA) is 54.5 Å². The third-order valence-corrected chi connectivity index (χ3v) is 4.18. The first-order valence-corrected chi connectivity index (χ1v) is 6.74. The van der Waals surface area contributed by atoms with Gasteiger partial charge in [0.25, 0.3) is 5.91 Å². The largest absolute Gasteiger partial charge is 0.381 e. The Bertz CT molecular complexity index is 483. The minimum atomic E-state index is -0.0771. The molecule has 0 aromatic carbocycles. The number of carbonyl (C=O) groups excluding carboxylic acids is 1. The van der Waals surface area contributed by atoms with E-state index < -0.39 is 0 Å². The van der Waals surface area contributed by atoms with E-state index in [-0.39, 0.29) is 11.3 Å². The van der Waals surface area contributed by atoms with Crippen LogP contribution in [0.3, 0.4) is 0 Å². The number of hydrogen-bond donors (Lipinski definition) is 1. The van der Waals surface area contributed by atoms with Gasteiger partial charge in [-0.25, -0.2) is 4.98 Å². The Morgan fingerprint density at radius 3 is 3.16 bits per heavy atom. The van der Waals surface area contributed by atoms with Crippen molar-refractivity contribution in [3.8, 4) is 0 Å². The molecule has 1 N–H and O–H groups in total. The average molecular weight is 261 g/mol. The van der Waals surface area contributed by atoms with Crippen molar-refractivity contribution >= 4 is 11.7 Å². The molecule has 0 aliphatic carbocycles. The molecule has 5 heteroatoms. The van der Waals surface area contributed by atoms with E-state index in [1.54, 1.807) is 19.3 Å². The molecule has 102 valence electrons. The van der Waals surface area contributed by atoms with E-state index in [9.17, 15) is 4.79 Å². The number of aromatic nitrogens is 1. The number of carbonyl (C=O) groups is 1. The molecule has 0 radical (unpaired) electrons. The highest BCUT2D eigenvalue weighted by Crippen LogP contribution is 2.40. The fourth-order valence-corrected chi connectivity index (χ4v) is 3.05. The molecule has 2 saturated heterocycles. The predicted molar refractivity (Wildman–Crippen MR) is 72.3 cm³/mol. The van der Waals surface area contributed by atoms with Crippen LogP contribution < -0.4 is 10.2 Å². The fraction of sp³-hybridized carbons (Fsp3) is 0.571. The summed E-state index contributed by atoms with van der Waals surface area (Å²) in [5.74, 6) is 0.720. The van der Waals surface area contributed by atoms with E-state index in [1.165, 1.54) is 0 Å². The summed E-state index contributed by atoms with van der Waals surface area (Å²) in [6.45, 7) is 3.59. The van der Waals surface area contributed by atoms with Crippen LogP contribution in [0.25, 0.3) is 0 Å². The Hall–Kier alpha value is -1.62. The molecule has 2 aliphatic heterocycles. The van der Waals surface area contributed by atoms with E-state index >= 15 is 0 Å². The van der Waals surface area contributed by atoms with Crippen molar-refractivity contribution in [3.63, 3.8) is 0 Å². The van der Waals surface area contributed by atoms with Crippen molar-refractivity contribution in [1.29, 1.82) is 0 Å². The number of hydrogen-bond acceptors (Lipinski definition) is 4. The number of ether oxygens (including phenoxy) is 1. The van der Waals surface area contributed by atoms with Gasteiger partial charge in [0.2, 0.25) is 0 Å². The van der Waals surface area contributed by atoms with E-state index in [0.717, 1.165) is 45.0 Å². The Morgan fingerprint density at radius 2 is 2.42 bits per heavy atom. The van der Waals surface area contributed by atoms with Crippen molar-refractivity contribution in [3.05, 3.63) is 23.9 Å². The molecule has 1 atom stereocenters. The number of nitrogens with one attached hydrogen (secondary N) is 1. The third-order valence-electron chi connectivity index (χ3n) is 4.18. The first-order chi connectivity index (χ1) is 9.24.